The summed E-state index contributed by atoms with van der Waals surface area (Å²) in [6.45, 7) is 1.95. The molecule has 4 heteroatoms. The SMILES string of the molecule is Cc1cccnc1C(O)CSc1cccc(Cl)c1. The summed E-state index contributed by atoms with van der Waals surface area (Å²) in [7, 11) is 0. The van der Waals surface area contributed by atoms with Crippen LogP contribution in [0.25, 0.3) is 0 Å². The quantitative estimate of drug-likeness (QED) is 0.863. The van der Waals surface area contributed by atoms with Crippen LogP contribution in [0.15, 0.2) is 47.5 Å². The number of rotatable bonds is 4. The van der Waals surface area contributed by atoms with Gasteiger partial charge in [-0.25, -0.2) is 0 Å². The average Bonchev–Trinajstić information content (AvgIpc) is 2.37. The third kappa shape index (κ3) is 3.48. The Morgan fingerprint density at radius 2 is 2.17 bits per heavy atom. The monoisotopic (exact) mass is 279 g/mol. The number of aromatic nitrogens is 1. The molecule has 18 heavy (non-hydrogen) atoms. The Morgan fingerprint density at radius 3 is 2.89 bits per heavy atom. The molecule has 0 fully saturated rings. The van der Waals surface area contributed by atoms with Gasteiger partial charge in [0.2, 0.25) is 0 Å². The van der Waals surface area contributed by atoms with E-state index < -0.39 is 6.10 Å². The van der Waals surface area contributed by atoms with Crippen LogP contribution in [0.1, 0.15) is 17.4 Å². The number of pyridine rings is 1. The van der Waals surface area contributed by atoms with E-state index in [0.717, 1.165) is 16.2 Å². The van der Waals surface area contributed by atoms with Gasteiger partial charge in [-0.2, -0.15) is 0 Å². The molecule has 2 aromatic rings. The Balaban J connectivity index is 2.00. The molecule has 1 atom stereocenters. The molecule has 1 unspecified atom stereocenters. The number of aryl methyl sites for hydroxylation is 1. The van der Waals surface area contributed by atoms with Crippen LogP contribution in [0.4, 0.5) is 0 Å². The van der Waals surface area contributed by atoms with Crippen LogP contribution >= 0.6 is 23.4 Å². The molecule has 1 heterocycles. The van der Waals surface area contributed by atoms with Gasteiger partial charge in [0.1, 0.15) is 6.10 Å². The van der Waals surface area contributed by atoms with Gasteiger partial charge in [0, 0.05) is 21.9 Å². The Kier molecular flexibility index (Phi) is 4.64. The fourth-order valence-electron chi connectivity index (χ4n) is 1.66. The molecule has 0 spiro atoms. The molecular weight excluding hydrogens is 266 g/mol. The van der Waals surface area contributed by atoms with Crippen molar-refractivity contribution in [2.75, 3.05) is 5.75 Å². The molecule has 0 aliphatic carbocycles. The van der Waals surface area contributed by atoms with Crippen molar-refractivity contribution in [1.29, 1.82) is 0 Å². The third-order valence-electron chi connectivity index (χ3n) is 2.57. The third-order valence-corrected chi connectivity index (χ3v) is 3.87. The van der Waals surface area contributed by atoms with Crippen LogP contribution in [-0.4, -0.2) is 15.8 Å². The lowest BCUT2D eigenvalue weighted by Gasteiger charge is -2.12. The lowest BCUT2D eigenvalue weighted by atomic mass is 10.1. The van der Waals surface area contributed by atoms with Gasteiger partial charge in [-0.1, -0.05) is 23.7 Å². The maximum atomic E-state index is 10.1. The zero-order valence-electron chi connectivity index (χ0n) is 10.0. The van der Waals surface area contributed by atoms with E-state index in [9.17, 15) is 5.11 Å². The molecule has 2 nitrogen and oxygen atoms in total. The van der Waals surface area contributed by atoms with Gasteiger partial charge in [0.15, 0.2) is 0 Å². The minimum atomic E-state index is -0.560. The van der Waals surface area contributed by atoms with E-state index in [4.69, 9.17) is 11.6 Å². The van der Waals surface area contributed by atoms with Crippen LogP contribution in [0.2, 0.25) is 5.02 Å². The Hall–Kier alpha value is -1.03. The van der Waals surface area contributed by atoms with Crippen LogP contribution in [0.5, 0.6) is 0 Å². The van der Waals surface area contributed by atoms with E-state index in [-0.39, 0.29) is 0 Å². The summed E-state index contributed by atoms with van der Waals surface area (Å²) in [5, 5.41) is 10.8. The summed E-state index contributed by atoms with van der Waals surface area (Å²) in [5.74, 6) is 0.568. The van der Waals surface area contributed by atoms with Crippen molar-refractivity contribution in [1.82, 2.24) is 4.98 Å². The predicted octanol–water partition coefficient (Wildman–Crippen LogP) is 3.87. The topological polar surface area (TPSA) is 33.1 Å². The van der Waals surface area contributed by atoms with Gasteiger partial charge in [0.25, 0.3) is 0 Å². The zero-order chi connectivity index (χ0) is 13.0. The molecule has 0 saturated heterocycles. The summed E-state index contributed by atoms with van der Waals surface area (Å²) in [6.07, 6.45) is 1.14. The Morgan fingerprint density at radius 1 is 1.33 bits per heavy atom. The average molecular weight is 280 g/mol. The molecule has 1 aromatic heterocycles. The van der Waals surface area contributed by atoms with E-state index >= 15 is 0 Å². The fraction of sp³-hybridized carbons (Fsp3) is 0.214. The number of nitrogens with zero attached hydrogens (tertiary/aromatic N) is 1. The van der Waals surface area contributed by atoms with Gasteiger partial charge in [-0.15, -0.1) is 11.8 Å². The molecule has 2 rings (SSSR count). The smallest absolute Gasteiger partial charge is 0.106 e. The first-order valence-electron chi connectivity index (χ1n) is 5.65. The number of hydrogen-bond donors (Lipinski definition) is 1. The molecule has 0 amide bonds. The molecule has 0 bridgehead atoms. The van der Waals surface area contributed by atoms with Crippen LogP contribution < -0.4 is 0 Å². The van der Waals surface area contributed by atoms with Crippen LogP contribution in [0.3, 0.4) is 0 Å². The zero-order valence-corrected chi connectivity index (χ0v) is 11.6. The molecule has 0 saturated carbocycles. The highest BCUT2D eigenvalue weighted by Crippen LogP contribution is 2.26. The predicted molar refractivity (Wildman–Crippen MR) is 76.1 cm³/mol. The Labute approximate surface area is 116 Å². The molecule has 1 aromatic carbocycles. The maximum Gasteiger partial charge on any atom is 0.106 e. The van der Waals surface area contributed by atoms with Crippen molar-refractivity contribution < 1.29 is 5.11 Å². The van der Waals surface area contributed by atoms with Crippen molar-refractivity contribution in [3.8, 4) is 0 Å². The van der Waals surface area contributed by atoms with Crippen molar-refractivity contribution in [3.63, 3.8) is 0 Å². The lowest BCUT2D eigenvalue weighted by molar-refractivity contribution is 0.198. The van der Waals surface area contributed by atoms with Gasteiger partial charge >= 0.3 is 0 Å². The van der Waals surface area contributed by atoms with Gasteiger partial charge in [0.05, 0.1) is 5.69 Å². The molecule has 94 valence electrons. The number of aliphatic hydroxyl groups excluding tert-OH is 1. The first-order chi connectivity index (χ1) is 8.66. The van der Waals surface area contributed by atoms with E-state index in [1.165, 1.54) is 0 Å². The normalized spacial score (nSPS) is 12.4. The van der Waals surface area contributed by atoms with Crippen LogP contribution in [0, 0.1) is 6.92 Å². The first kappa shape index (κ1) is 13.4. The fourth-order valence-corrected chi connectivity index (χ4v) is 2.81. The minimum Gasteiger partial charge on any atom is -0.386 e. The molecule has 0 aliphatic rings. The van der Waals surface area contributed by atoms with Gasteiger partial charge in [-0.3, -0.25) is 4.98 Å². The largest absolute Gasteiger partial charge is 0.386 e. The first-order valence-corrected chi connectivity index (χ1v) is 7.01. The summed E-state index contributed by atoms with van der Waals surface area (Å²) in [5.41, 5.74) is 1.75. The van der Waals surface area contributed by atoms with Crippen molar-refractivity contribution in [2.45, 2.75) is 17.9 Å². The van der Waals surface area contributed by atoms with Crippen molar-refractivity contribution >= 4 is 23.4 Å². The number of thioether (sulfide) groups is 1. The summed E-state index contributed by atoms with van der Waals surface area (Å²) in [6, 6.07) is 11.4. The van der Waals surface area contributed by atoms with Crippen LogP contribution in [-0.2, 0) is 0 Å². The summed E-state index contributed by atoms with van der Waals surface area (Å²) in [4.78, 5) is 5.27. The van der Waals surface area contributed by atoms with Crippen molar-refractivity contribution in [2.24, 2.45) is 0 Å². The minimum absolute atomic E-state index is 0.560. The van der Waals surface area contributed by atoms with Crippen molar-refractivity contribution in [3.05, 3.63) is 58.9 Å². The Bertz CT molecular complexity index is 533. The molecular formula is C14H14ClNOS. The summed E-state index contributed by atoms with van der Waals surface area (Å²) < 4.78 is 0. The molecule has 0 radical (unpaired) electrons. The number of hydrogen-bond acceptors (Lipinski definition) is 3. The summed E-state index contributed by atoms with van der Waals surface area (Å²) >= 11 is 7.49. The highest BCUT2D eigenvalue weighted by Gasteiger charge is 2.11. The van der Waals surface area contributed by atoms with E-state index in [2.05, 4.69) is 4.98 Å². The van der Waals surface area contributed by atoms with Gasteiger partial charge < -0.3 is 5.11 Å². The highest BCUT2D eigenvalue weighted by molar-refractivity contribution is 7.99. The molecule has 1 N–H and O–H groups in total. The van der Waals surface area contributed by atoms with Gasteiger partial charge in [-0.05, 0) is 36.8 Å². The maximum absolute atomic E-state index is 10.1. The number of aliphatic hydroxyl groups is 1. The number of benzene rings is 1. The second kappa shape index (κ2) is 6.23. The van der Waals surface area contributed by atoms with E-state index in [1.807, 2.05) is 43.3 Å². The van der Waals surface area contributed by atoms with E-state index in [0.29, 0.717) is 10.8 Å². The second-order valence-electron chi connectivity index (χ2n) is 3.99. The standard InChI is InChI=1S/C14H14ClNOS/c1-10-4-3-7-16-14(10)13(17)9-18-12-6-2-5-11(15)8-12/h2-8,13,17H,9H2,1H3. The highest BCUT2D eigenvalue weighted by atomic mass is 35.5. The second-order valence-corrected chi connectivity index (χ2v) is 5.52. The van der Waals surface area contributed by atoms with E-state index in [1.54, 1.807) is 18.0 Å². The molecule has 0 aliphatic heterocycles. The lowest BCUT2D eigenvalue weighted by Crippen LogP contribution is -2.05. The number of halogens is 1.